The summed E-state index contributed by atoms with van der Waals surface area (Å²) in [5.74, 6) is 4.52. The average molecular weight is 279 g/mol. The Bertz CT molecular complexity index is 472. The minimum Gasteiger partial charge on any atom is -0.166 e. The van der Waals surface area contributed by atoms with Gasteiger partial charge < -0.3 is 0 Å². The fourth-order valence-corrected chi connectivity index (χ4v) is 5.01. The van der Waals surface area contributed by atoms with E-state index in [2.05, 4.69) is 0 Å². The number of halogens is 3. The lowest BCUT2D eigenvalue weighted by Crippen LogP contribution is -2.44. The van der Waals surface area contributed by atoms with E-state index in [0.29, 0.717) is 11.8 Å². The van der Waals surface area contributed by atoms with Crippen LogP contribution in [0.5, 0.6) is 0 Å². The maximum atomic E-state index is 12.6. The first-order valence-corrected chi connectivity index (χ1v) is 7.55. The molecule has 4 saturated carbocycles. The van der Waals surface area contributed by atoms with E-state index in [0.717, 1.165) is 17.4 Å². The molecule has 1 aromatic carbocycles. The summed E-state index contributed by atoms with van der Waals surface area (Å²) in [6.07, 6.45) is 2.24. The van der Waals surface area contributed by atoms with E-state index in [9.17, 15) is 13.2 Å². The largest absolute Gasteiger partial charge is 0.418 e. The highest BCUT2D eigenvalue weighted by Gasteiger charge is 2.52. The Labute approximate surface area is 117 Å². The molecule has 3 heteroatoms. The van der Waals surface area contributed by atoms with Gasteiger partial charge in [0.25, 0.3) is 0 Å². The molecule has 4 bridgehead atoms. The van der Waals surface area contributed by atoms with Crippen molar-refractivity contribution in [2.24, 2.45) is 23.7 Å². The van der Waals surface area contributed by atoms with Crippen LogP contribution >= 0.6 is 0 Å². The molecule has 4 aliphatic carbocycles. The van der Waals surface area contributed by atoms with Crippen molar-refractivity contribution in [1.82, 2.24) is 0 Å². The van der Waals surface area contributed by atoms with E-state index in [1.807, 2.05) is 0 Å². The Morgan fingerprint density at radius 3 is 1.75 bits per heavy atom. The Morgan fingerprint density at radius 1 is 0.800 bits per heavy atom. The Kier molecular flexibility index (Phi) is 2.64. The second-order valence-electron chi connectivity index (χ2n) is 6.83. The van der Waals surface area contributed by atoms with Crippen LogP contribution in [0.1, 0.15) is 43.2 Å². The molecular weight excluding hydrogens is 261 g/mol. The van der Waals surface area contributed by atoms with Crippen LogP contribution in [0.3, 0.4) is 0 Å². The van der Waals surface area contributed by atoms with Gasteiger partial charge in [-0.2, -0.15) is 13.2 Å². The molecule has 0 amide bonds. The van der Waals surface area contributed by atoms with Crippen molar-refractivity contribution in [2.45, 2.75) is 38.3 Å². The highest BCUT2D eigenvalue weighted by Crippen LogP contribution is 2.59. The van der Waals surface area contributed by atoms with Crippen LogP contribution in [-0.4, -0.2) is 0 Å². The highest BCUT2D eigenvalue weighted by molar-refractivity contribution is 5.38. The fourth-order valence-electron chi connectivity index (χ4n) is 5.01. The third-order valence-electron chi connectivity index (χ3n) is 5.56. The minimum absolute atomic E-state index is 0.536. The summed E-state index contributed by atoms with van der Waals surface area (Å²) >= 11 is 0. The second kappa shape index (κ2) is 4.19. The summed E-state index contributed by atoms with van der Waals surface area (Å²) in [6.45, 7) is 0. The lowest BCUT2D eigenvalue weighted by Gasteiger charge is -2.51. The van der Waals surface area contributed by atoms with Crippen LogP contribution in [0.2, 0.25) is 0 Å². The standard InChI is InChI=1S/C17H18F3/c18-17(19,20)15-3-1-12(2-4-15)16-13-6-10-5-11(8-13)9-14(16)7-10/h1-4,10-11,13-14H,5-9H2/q+1. The lowest BCUT2D eigenvalue weighted by molar-refractivity contribution is -0.137. The molecule has 0 aromatic heterocycles. The van der Waals surface area contributed by atoms with Crippen molar-refractivity contribution in [2.75, 3.05) is 0 Å². The number of benzene rings is 1. The molecule has 20 heavy (non-hydrogen) atoms. The SMILES string of the molecule is FC(F)(F)c1ccc([C+]2C3CC4CC(C3)CC2C4)cc1. The van der Waals surface area contributed by atoms with Crippen molar-refractivity contribution in [3.63, 3.8) is 0 Å². The fraction of sp³-hybridized carbons (Fsp3) is 0.588. The van der Waals surface area contributed by atoms with Gasteiger partial charge in [-0.1, -0.05) is 0 Å². The third kappa shape index (κ3) is 1.94. The summed E-state index contributed by atoms with van der Waals surface area (Å²) < 4.78 is 37.9. The first-order valence-electron chi connectivity index (χ1n) is 7.55. The van der Waals surface area contributed by atoms with Gasteiger partial charge in [0, 0.05) is 42.0 Å². The van der Waals surface area contributed by atoms with Crippen molar-refractivity contribution in [3.05, 3.63) is 41.3 Å². The normalized spacial score (nSPS) is 35.6. The van der Waals surface area contributed by atoms with E-state index in [4.69, 9.17) is 0 Å². The quantitative estimate of drug-likeness (QED) is 0.628. The number of alkyl halides is 3. The molecule has 1 aromatic rings. The molecule has 0 saturated heterocycles. The zero-order valence-electron chi connectivity index (χ0n) is 11.3. The average Bonchev–Trinajstić information content (AvgIpc) is 2.37. The van der Waals surface area contributed by atoms with Gasteiger partial charge in [-0.3, -0.25) is 0 Å². The zero-order valence-corrected chi connectivity index (χ0v) is 11.3. The molecule has 106 valence electrons. The molecule has 0 nitrogen and oxygen atoms in total. The Hall–Kier alpha value is -1.12. The van der Waals surface area contributed by atoms with Gasteiger partial charge in [-0.15, -0.1) is 0 Å². The van der Waals surface area contributed by atoms with Crippen LogP contribution in [-0.2, 0) is 6.18 Å². The zero-order chi connectivity index (χ0) is 13.9. The number of hydrogen-bond donors (Lipinski definition) is 0. The lowest BCUT2D eigenvalue weighted by atomic mass is 9.51. The molecule has 5 rings (SSSR count). The summed E-state index contributed by atoms with van der Waals surface area (Å²) in [7, 11) is 0. The Balaban J connectivity index is 1.61. The van der Waals surface area contributed by atoms with E-state index in [-0.39, 0.29) is 0 Å². The third-order valence-corrected chi connectivity index (χ3v) is 5.56. The van der Waals surface area contributed by atoms with Crippen LogP contribution < -0.4 is 0 Å². The van der Waals surface area contributed by atoms with Gasteiger partial charge in [0.05, 0.1) is 5.56 Å². The van der Waals surface area contributed by atoms with Gasteiger partial charge in [-0.25, -0.2) is 0 Å². The summed E-state index contributed by atoms with van der Waals surface area (Å²) in [4.78, 5) is 0. The molecule has 4 aliphatic rings. The molecule has 0 spiro atoms. The minimum atomic E-state index is -4.23. The van der Waals surface area contributed by atoms with E-state index >= 15 is 0 Å². The van der Waals surface area contributed by atoms with E-state index in [1.54, 1.807) is 12.1 Å². The first-order chi connectivity index (χ1) is 9.50. The predicted molar refractivity (Wildman–Crippen MR) is 70.8 cm³/mol. The van der Waals surface area contributed by atoms with Gasteiger partial charge in [0.2, 0.25) is 0 Å². The summed E-state index contributed by atoms with van der Waals surface area (Å²) in [6, 6.07) is 5.88. The molecule has 0 heterocycles. The van der Waals surface area contributed by atoms with E-state index in [1.165, 1.54) is 50.2 Å². The number of rotatable bonds is 1. The van der Waals surface area contributed by atoms with E-state index < -0.39 is 11.7 Å². The second-order valence-corrected chi connectivity index (χ2v) is 6.83. The summed E-state index contributed by atoms with van der Waals surface area (Å²) in [5, 5.41) is 0. The topological polar surface area (TPSA) is 0 Å². The molecule has 0 unspecified atom stereocenters. The molecular formula is C17H18F3+. The van der Waals surface area contributed by atoms with Crippen LogP contribution in [0.4, 0.5) is 13.2 Å². The smallest absolute Gasteiger partial charge is 0.166 e. The van der Waals surface area contributed by atoms with Crippen molar-refractivity contribution < 1.29 is 13.2 Å². The van der Waals surface area contributed by atoms with Crippen LogP contribution in [0, 0.1) is 29.6 Å². The van der Waals surface area contributed by atoms with Crippen molar-refractivity contribution in [1.29, 1.82) is 0 Å². The van der Waals surface area contributed by atoms with Gasteiger partial charge in [-0.05, 0) is 43.9 Å². The molecule has 0 atom stereocenters. The molecule has 4 fully saturated rings. The maximum Gasteiger partial charge on any atom is 0.418 e. The van der Waals surface area contributed by atoms with Crippen molar-refractivity contribution in [3.8, 4) is 0 Å². The van der Waals surface area contributed by atoms with Crippen molar-refractivity contribution >= 4 is 0 Å². The first kappa shape index (κ1) is 12.6. The number of hydrogen-bond acceptors (Lipinski definition) is 0. The van der Waals surface area contributed by atoms with Crippen LogP contribution in [0.25, 0.3) is 0 Å². The van der Waals surface area contributed by atoms with Gasteiger partial charge in [0.1, 0.15) is 5.56 Å². The Morgan fingerprint density at radius 2 is 1.30 bits per heavy atom. The predicted octanol–water partition coefficient (Wildman–Crippen LogP) is 5.08. The molecule has 0 N–H and O–H groups in total. The maximum absolute atomic E-state index is 12.6. The monoisotopic (exact) mass is 279 g/mol. The van der Waals surface area contributed by atoms with Crippen LogP contribution in [0.15, 0.2) is 24.3 Å². The summed E-state index contributed by atoms with van der Waals surface area (Å²) in [5.41, 5.74) is 0.525. The van der Waals surface area contributed by atoms with Gasteiger partial charge >= 0.3 is 6.18 Å². The van der Waals surface area contributed by atoms with Gasteiger partial charge in [0.15, 0.2) is 0 Å². The highest BCUT2D eigenvalue weighted by atomic mass is 19.4. The molecule has 0 radical (unpaired) electrons. The molecule has 0 aliphatic heterocycles.